The quantitative estimate of drug-likeness (QED) is 0.478. The third-order valence-electron chi connectivity index (χ3n) is 4.12. The van der Waals surface area contributed by atoms with Crippen LogP contribution >= 0.6 is 11.8 Å². The third kappa shape index (κ3) is 6.98. The molecular weight excluding hydrogens is 350 g/mol. The second kappa shape index (κ2) is 12.7. The average Bonchev–Trinajstić information content (AvgIpc) is 2.66. The highest BCUT2D eigenvalue weighted by Crippen LogP contribution is 2.39. The van der Waals surface area contributed by atoms with E-state index >= 15 is 0 Å². The molecule has 0 fully saturated rings. The van der Waals surface area contributed by atoms with Crippen LogP contribution in [-0.4, -0.2) is 38.2 Å². The molecule has 0 aliphatic carbocycles. The molecule has 5 nitrogen and oxygen atoms in total. The van der Waals surface area contributed by atoms with Crippen molar-refractivity contribution < 1.29 is 19.0 Å². The van der Waals surface area contributed by atoms with Gasteiger partial charge in [-0.15, -0.1) is 11.8 Å². The largest absolute Gasteiger partial charge is 0.496 e. The number of amides is 1. The summed E-state index contributed by atoms with van der Waals surface area (Å²) in [6.45, 7) is 4.31. The van der Waals surface area contributed by atoms with Gasteiger partial charge in [0, 0.05) is 12.1 Å². The SMILES string of the molecule is CCCCCCSC(CCC)C(=O)Nc1c(OC)cc(OC)cc1OC. The number of hydrogen-bond donors (Lipinski definition) is 1. The molecule has 1 atom stereocenters. The Morgan fingerprint density at radius 1 is 1.00 bits per heavy atom. The highest BCUT2D eigenvalue weighted by Gasteiger charge is 2.22. The molecule has 0 radical (unpaired) electrons. The topological polar surface area (TPSA) is 56.8 Å². The van der Waals surface area contributed by atoms with Crippen LogP contribution in [0.3, 0.4) is 0 Å². The first kappa shape index (κ1) is 22.5. The zero-order valence-corrected chi connectivity index (χ0v) is 17.5. The van der Waals surface area contributed by atoms with E-state index in [9.17, 15) is 4.79 Å². The van der Waals surface area contributed by atoms with Crippen molar-refractivity contribution in [1.82, 2.24) is 0 Å². The van der Waals surface area contributed by atoms with Crippen LogP contribution < -0.4 is 19.5 Å². The first-order valence-corrected chi connectivity index (χ1v) is 10.4. The summed E-state index contributed by atoms with van der Waals surface area (Å²) in [5.74, 6) is 2.67. The van der Waals surface area contributed by atoms with E-state index in [1.807, 2.05) is 0 Å². The Hall–Kier alpha value is -1.56. The fraction of sp³-hybridized carbons (Fsp3) is 0.650. The fourth-order valence-electron chi connectivity index (χ4n) is 2.64. The number of carbonyl (C=O) groups excluding carboxylic acids is 1. The lowest BCUT2D eigenvalue weighted by molar-refractivity contribution is -0.115. The summed E-state index contributed by atoms with van der Waals surface area (Å²) < 4.78 is 16.1. The van der Waals surface area contributed by atoms with Crippen molar-refractivity contribution in [2.75, 3.05) is 32.4 Å². The maximum Gasteiger partial charge on any atom is 0.237 e. The predicted octanol–water partition coefficient (Wildman–Crippen LogP) is 5.13. The van der Waals surface area contributed by atoms with E-state index in [2.05, 4.69) is 19.2 Å². The standard InChI is InChI=1S/C20H33NO4S/c1-6-8-9-10-12-26-18(11-7-2)20(22)21-19-16(24-4)13-15(23-3)14-17(19)25-5/h13-14,18H,6-12H2,1-5H3,(H,21,22). The molecule has 0 saturated carbocycles. The molecule has 1 rings (SSSR count). The summed E-state index contributed by atoms with van der Waals surface area (Å²) in [5.41, 5.74) is 0.550. The van der Waals surface area contributed by atoms with Gasteiger partial charge in [-0.25, -0.2) is 0 Å². The summed E-state index contributed by atoms with van der Waals surface area (Å²) in [5, 5.41) is 2.93. The Morgan fingerprint density at radius 3 is 2.15 bits per heavy atom. The molecule has 1 unspecified atom stereocenters. The van der Waals surface area contributed by atoms with Gasteiger partial charge in [-0.1, -0.05) is 39.5 Å². The normalized spacial score (nSPS) is 11.7. The second-order valence-corrected chi connectivity index (χ2v) is 7.42. The predicted molar refractivity (Wildman–Crippen MR) is 110 cm³/mol. The number of rotatable bonds is 13. The van der Waals surface area contributed by atoms with E-state index in [0.717, 1.165) is 25.0 Å². The smallest absolute Gasteiger partial charge is 0.237 e. The first-order valence-electron chi connectivity index (χ1n) is 9.33. The zero-order chi connectivity index (χ0) is 19.4. The third-order valence-corrected chi connectivity index (χ3v) is 5.50. The lowest BCUT2D eigenvalue weighted by atomic mass is 10.2. The van der Waals surface area contributed by atoms with Gasteiger partial charge < -0.3 is 19.5 Å². The number of hydrogen-bond acceptors (Lipinski definition) is 5. The zero-order valence-electron chi connectivity index (χ0n) is 16.7. The monoisotopic (exact) mass is 383 g/mol. The molecule has 0 bridgehead atoms. The van der Waals surface area contributed by atoms with Gasteiger partial charge in [0.2, 0.25) is 5.91 Å². The number of benzene rings is 1. The Balaban J connectivity index is 2.84. The first-order chi connectivity index (χ1) is 12.6. The second-order valence-electron chi connectivity index (χ2n) is 6.10. The van der Waals surface area contributed by atoms with Crippen molar-refractivity contribution in [3.63, 3.8) is 0 Å². The molecule has 1 N–H and O–H groups in total. The van der Waals surface area contributed by atoms with Crippen molar-refractivity contribution in [3.05, 3.63) is 12.1 Å². The Bertz CT molecular complexity index is 526. The number of anilines is 1. The summed E-state index contributed by atoms with van der Waals surface area (Å²) in [7, 11) is 4.71. The molecule has 26 heavy (non-hydrogen) atoms. The van der Waals surface area contributed by atoms with Gasteiger partial charge in [-0.3, -0.25) is 4.79 Å². The van der Waals surface area contributed by atoms with E-state index in [0.29, 0.717) is 22.9 Å². The molecule has 1 aromatic carbocycles. The molecule has 0 heterocycles. The maximum atomic E-state index is 12.8. The number of carbonyl (C=O) groups is 1. The molecule has 0 aromatic heterocycles. The fourth-order valence-corrected chi connectivity index (χ4v) is 3.91. The van der Waals surface area contributed by atoms with Gasteiger partial charge in [0.05, 0.1) is 26.6 Å². The van der Waals surface area contributed by atoms with Gasteiger partial charge in [0.15, 0.2) is 0 Å². The van der Waals surface area contributed by atoms with Gasteiger partial charge in [0.25, 0.3) is 0 Å². The van der Waals surface area contributed by atoms with Crippen LogP contribution in [0.5, 0.6) is 17.2 Å². The van der Waals surface area contributed by atoms with Crippen molar-refractivity contribution >= 4 is 23.4 Å². The summed E-state index contributed by atoms with van der Waals surface area (Å²) in [4.78, 5) is 12.8. The lowest BCUT2D eigenvalue weighted by Crippen LogP contribution is -2.26. The molecule has 6 heteroatoms. The van der Waals surface area contributed by atoms with E-state index < -0.39 is 0 Å². The minimum Gasteiger partial charge on any atom is -0.496 e. The van der Waals surface area contributed by atoms with E-state index in [1.165, 1.54) is 19.3 Å². The molecular formula is C20H33NO4S. The van der Waals surface area contributed by atoms with Crippen molar-refractivity contribution in [1.29, 1.82) is 0 Å². The van der Waals surface area contributed by atoms with E-state index in [4.69, 9.17) is 14.2 Å². The van der Waals surface area contributed by atoms with Gasteiger partial charge in [-0.05, 0) is 18.6 Å². The molecule has 1 aromatic rings. The van der Waals surface area contributed by atoms with Gasteiger partial charge in [0.1, 0.15) is 22.9 Å². The van der Waals surface area contributed by atoms with Crippen LogP contribution in [0.15, 0.2) is 12.1 Å². The van der Waals surface area contributed by atoms with Crippen LogP contribution in [-0.2, 0) is 4.79 Å². The highest BCUT2D eigenvalue weighted by atomic mass is 32.2. The molecule has 0 saturated heterocycles. The van der Waals surface area contributed by atoms with Crippen molar-refractivity contribution in [2.45, 2.75) is 57.6 Å². The summed E-state index contributed by atoms with van der Waals surface area (Å²) in [6.07, 6.45) is 6.68. The molecule has 0 aliphatic heterocycles. The maximum absolute atomic E-state index is 12.8. The Kier molecular flexibility index (Phi) is 11.0. The van der Waals surface area contributed by atoms with Crippen LogP contribution in [0.4, 0.5) is 5.69 Å². The lowest BCUT2D eigenvalue weighted by Gasteiger charge is -2.19. The van der Waals surface area contributed by atoms with Crippen LogP contribution in [0, 0.1) is 0 Å². The molecule has 0 aliphatic rings. The highest BCUT2D eigenvalue weighted by molar-refractivity contribution is 8.00. The van der Waals surface area contributed by atoms with Crippen LogP contribution in [0.25, 0.3) is 0 Å². The molecule has 1 amide bonds. The van der Waals surface area contributed by atoms with E-state index in [-0.39, 0.29) is 11.2 Å². The van der Waals surface area contributed by atoms with Crippen LogP contribution in [0.2, 0.25) is 0 Å². The molecule has 148 valence electrons. The number of nitrogens with one attached hydrogen (secondary N) is 1. The van der Waals surface area contributed by atoms with Crippen molar-refractivity contribution in [3.8, 4) is 17.2 Å². The number of ether oxygens (including phenoxy) is 3. The number of thioether (sulfide) groups is 1. The van der Waals surface area contributed by atoms with Crippen molar-refractivity contribution in [2.24, 2.45) is 0 Å². The van der Waals surface area contributed by atoms with Gasteiger partial charge in [-0.2, -0.15) is 0 Å². The molecule has 0 spiro atoms. The minimum absolute atomic E-state index is 0.00546. The van der Waals surface area contributed by atoms with Crippen LogP contribution in [0.1, 0.15) is 52.4 Å². The summed E-state index contributed by atoms with van der Waals surface area (Å²) in [6, 6.07) is 3.48. The summed E-state index contributed by atoms with van der Waals surface area (Å²) >= 11 is 1.74. The number of methoxy groups -OCH3 is 3. The van der Waals surface area contributed by atoms with Gasteiger partial charge >= 0.3 is 0 Å². The Morgan fingerprint density at radius 2 is 1.65 bits per heavy atom. The Labute approximate surface area is 162 Å². The average molecular weight is 384 g/mol. The van der Waals surface area contributed by atoms with E-state index in [1.54, 1.807) is 45.2 Å². The minimum atomic E-state index is -0.0712. The number of unbranched alkanes of at least 4 members (excludes halogenated alkanes) is 3.